The maximum Gasteiger partial charge on any atom is 0.534 e. The predicted molar refractivity (Wildman–Crippen MR) is 88.3 cm³/mol. The molecule has 0 radical (unpaired) electrons. The summed E-state index contributed by atoms with van der Waals surface area (Å²) in [5.74, 6) is 1.50. The number of hydrogen-bond acceptors (Lipinski definition) is 7. The highest BCUT2D eigenvalue weighted by Gasteiger charge is 2.48. The van der Waals surface area contributed by atoms with E-state index in [1.54, 1.807) is 12.1 Å². The number of anilines is 1. The van der Waals surface area contributed by atoms with Crippen molar-refractivity contribution >= 4 is 33.6 Å². The first-order valence-corrected chi connectivity index (χ1v) is 9.02. The van der Waals surface area contributed by atoms with Crippen molar-refractivity contribution in [1.29, 1.82) is 5.26 Å². The number of rotatable bonds is 3. The van der Waals surface area contributed by atoms with Gasteiger partial charge in [-0.3, -0.25) is 0 Å². The Labute approximate surface area is 147 Å². The van der Waals surface area contributed by atoms with Crippen LogP contribution in [0.1, 0.15) is 0 Å². The van der Waals surface area contributed by atoms with E-state index in [4.69, 9.17) is 5.26 Å². The molecule has 26 heavy (non-hydrogen) atoms. The Hall–Kier alpha value is -2.55. The van der Waals surface area contributed by atoms with Crippen LogP contribution in [0.4, 0.5) is 18.9 Å². The first-order valence-electron chi connectivity index (χ1n) is 7.62. The molecule has 0 atom stereocenters. The first kappa shape index (κ1) is 18.3. The summed E-state index contributed by atoms with van der Waals surface area (Å²) in [6, 6.07) is 4.95. The van der Waals surface area contributed by atoms with Crippen molar-refractivity contribution in [3.8, 4) is 11.8 Å². The number of nitriles is 1. The fourth-order valence-electron chi connectivity index (χ4n) is 2.65. The number of hydrogen-bond donors (Lipinski definition) is 0. The molecule has 0 bridgehead atoms. The Morgan fingerprint density at radius 3 is 2.54 bits per heavy atom. The topological polar surface area (TPSA) is 96.2 Å². The van der Waals surface area contributed by atoms with Gasteiger partial charge >= 0.3 is 15.6 Å². The molecule has 3 rings (SSSR count). The third-order valence-electron chi connectivity index (χ3n) is 4.02. The van der Waals surface area contributed by atoms with Crippen LogP contribution < -0.4 is 9.08 Å². The second kappa shape index (κ2) is 6.64. The average molecular weight is 384 g/mol. The van der Waals surface area contributed by atoms with E-state index in [9.17, 15) is 21.6 Å². The summed E-state index contributed by atoms with van der Waals surface area (Å²) in [7, 11) is -5.79. The summed E-state index contributed by atoms with van der Waals surface area (Å²) in [4.78, 5) is 9.77. The Balaban J connectivity index is 1.82. The Bertz CT molecular complexity index is 970. The van der Waals surface area contributed by atoms with E-state index in [0.29, 0.717) is 18.6 Å². The zero-order valence-corrected chi connectivity index (χ0v) is 14.1. The molecule has 0 aliphatic carbocycles. The lowest BCUT2D eigenvalue weighted by Crippen LogP contribution is -2.36. The summed E-state index contributed by atoms with van der Waals surface area (Å²) in [6.45, 7) is 1.46. The Morgan fingerprint density at radius 1 is 1.23 bits per heavy atom. The number of fused-ring (bicyclic) bond motifs is 1. The Morgan fingerprint density at radius 2 is 1.92 bits per heavy atom. The maximum absolute atomic E-state index is 12.4. The van der Waals surface area contributed by atoms with Gasteiger partial charge in [-0.25, -0.2) is 15.2 Å². The van der Waals surface area contributed by atoms with Gasteiger partial charge in [-0.2, -0.15) is 21.6 Å². The van der Waals surface area contributed by atoms with Crippen molar-refractivity contribution in [2.45, 2.75) is 18.1 Å². The molecule has 1 aliphatic rings. The number of benzene rings is 1. The first-order chi connectivity index (χ1) is 12.2. The number of nitrogens with zero attached hydrogens (tertiary/aromatic N) is 4. The van der Waals surface area contributed by atoms with E-state index in [0.717, 1.165) is 24.5 Å². The number of halogens is 3. The van der Waals surface area contributed by atoms with E-state index in [1.165, 1.54) is 6.07 Å². The zero-order chi connectivity index (χ0) is 18.9. The van der Waals surface area contributed by atoms with Crippen LogP contribution in [0.3, 0.4) is 0 Å². The van der Waals surface area contributed by atoms with E-state index in [1.807, 2.05) is 0 Å². The smallest absolute Gasteiger partial charge is 0.373 e. The van der Waals surface area contributed by atoms with Crippen LogP contribution in [0, 0.1) is 11.2 Å². The average Bonchev–Trinajstić information content (AvgIpc) is 2.60. The van der Waals surface area contributed by atoms with Crippen molar-refractivity contribution < 1.29 is 25.8 Å². The van der Waals surface area contributed by atoms with Crippen LogP contribution >= 0.6 is 0 Å². The van der Waals surface area contributed by atoms with Gasteiger partial charge in [0.25, 0.3) is 12.6 Å². The van der Waals surface area contributed by atoms with Crippen LogP contribution in [0.25, 0.3) is 11.0 Å². The van der Waals surface area contributed by atoms with Crippen molar-refractivity contribution in [3.63, 3.8) is 0 Å². The minimum Gasteiger partial charge on any atom is -0.373 e. The second-order valence-electron chi connectivity index (χ2n) is 5.75. The number of aromatic nitrogens is 2. The lowest BCUT2D eigenvalue weighted by atomic mass is 9.45. The van der Waals surface area contributed by atoms with Crippen LogP contribution in [0.5, 0.6) is 5.88 Å². The summed E-state index contributed by atoms with van der Waals surface area (Å²) in [5.41, 5.74) is -4.10. The van der Waals surface area contributed by atoms with Crippen LogP contribution in [0.15, 0.2) is 24.4 Å². The van der Waals surface area contributed by atoms with Crippen molar-refractivity contribution in [2.24, 2.45) is 0 Å². The molecule has 0 unspecified atom stereocenters. The van der Waals surface area contributed by atoms with Crippen LogP contribution in [-0.2, 0) is 10.1 Å². The third kappa shape index (κ3) is 3.67. The van der Waals surface area contributed by atoms with E-state index >= 15 is 0 Å². The molecular weight excluding hydrogens is 372 g/mol. The minimum absolute atomic E-state index is 0.0433. The molecule has 136 valence electrons. The molecule has 12 heteroatoms. The summed E-state index contributed by atoms with van der Waals surface area (Å²) in [5, 5.41) is 8.93. The van der Waals surface area contributed by atoms with Gasteiger partial charge in [-0.05, 0) is 30.8 Å². The minimum atomic E-state index is -5.79. The lowest BCUT2D eigenvalue weighted by molar-refractivity contribution is -0.0501. The molecule has 0 amide bonds. The fourth-order valence-corrected chi connectivity index (χ4v) is 3.04. The molecule has 0 spiro atoms. The van der Waals surface area contributed by atoms with Gasteiger partial charge in [-0.1, -0.05) is 0 Å². The fraction of sp³-hybridized carbons (Fsp3) is 0.357. The molecule has 1 aromatic heterocycles. The number of alkyl halides is 3. The quantitative estimate of drug-likeness (QED) is 0.455. The molecule has 7 nitrogen and oxygen atoms in total. The van der Waals surface area contributed by atoms with Gasteiger partial charge in [0.2, 0.25) is 0 Å². The van der Waals surface area contributed by atoms with E-state index in [2.05, 4.69) is 25.0 Å². The van der Waals surface area contributed by atoms with E-state index in [-0.39, 0.29) is 12.2 Å². The molecule has 2 heterocycles. The highest BCUT2D eigenvalue weighted by atomic mass is 32.2. The standard InChI is InChI=1S/C14H12BF3N4O3S/c16-14(17,18)26(23,24)25-13-8-20-12-7-10(1-2-11(12)21-13)22-5-3-15(9-19)4-6-22/h1-2,7-8H,3-6H2. The monoisotopic (exact) mass is 384 g/mol. The van der Waals surface area contributed by atoms with Gasteiger partial charge in [0.1, 0.15) is 0 Å². The van der Waals surface area contributed by atoms with Gasteiger partial charge in [0.15, 0.2) is 0 Å². The normalized spacial score (nSPS) is 15.8. The molecule has 1 fully saturated rings. The second-order valence-corrected chi connectivity index (χ2v) is 7.29. The predicted octanol–water partition coefficient (Wildman–Crippen LogP) is 2.24. The van der Waals surface area contributed by atoms with Gasteiger partial charge in [-0.15, -0.1) is 0 Å². The Kier molecular flexibility index (Phi) is 4.66. The third-order valence-corrected chi connectivity index (χ3v) is 4.98. The van der Waals surface area contributed by atoms with Crippen molar-refractivity contribution in [3.05, 3.63) is 24.4 Å². The molecule has 1 aromatic carbocycles. The van der Waals surface area contributed by atoms with Crippen LogP contribution in [-0.4, -0.2) is 43.7 Å². The molecular formula is C14H12BF3N4O3S. The SMILES string of the molecule is N#CB1CCN(c2ccc3nc(OS(=O)(=O)C(F)(F)F)cnc3c2)CC1. The zero-order valence-electron chi connectivity index (χ0n) is 13.3. The molecule has 0 saturated carbocycles. The molecule has 2 aromatic rings. The highest BCUT2D eigenvalue weighted by molar-refractivity contribution is 7.87. The summed E-state index contributed by atoms with van der Waals surface area (Å²) >= 11 is 0. The molecule has 1 aliphatic heterocycles. The maximum atomic E-state index is 12.4. The summed E-state index contributed by atoms with van der Waals surface area (Å²) < 4.78 is 63.1. The lowest BCUT2D eigenvalue weighted by Gasteiger charge is -2.30. The van der Waals surface area contributed by atoms with Crippen molar-refractivity contribution in [2.75, 3.05) is 18.0 Å². The van der Waals surface area contributed by atoms with E-state index < -0.39 is 21.5 Å². The summed E-state index contributed by atoms with van der Waals surface area (Å²) in [6.07, 6.45) is 2.34. The molecule has 1 saturated heterocycles. The van der Waals surface area contributed by atoms with Gasteiger partial charge < -0.3 is 9.08 Å². The van der Waals surface area contributed by atoms with Gasteiger partial charge in [0.05, 0.1) is 17.2 Å². The van der Waals surface area contributed by atoms with Crippen LogP contribution in [0.2, 0.25) is 12.6 Å². The highest BCUT2D eigenvalue weighted by Crippen LogP contribution is 2.28. The van der Waals surface area contributed by atoms with Crippen molar-refractivity contribution in [1.82, 2.24) is 9.97 Å². The molecule has 0 N–H and O–H groups in total. The van der Waals surface area contributed by atoms with Gasteiger partial charge in [0, 0.05) is 24.7 Å². The largest absolute Gasteiger partial charge is 0.534 e.